The van der Waals surface area contributed by atoms with Crippen LogP contribution in [0.15, 0.2) is 30.7 Å². The summed E-state index contributed by atoms with van der Waals surface area (Å²) >= 11 is 0. The van der Waals surface area contributed by atoms with Crippen LogP contribution in [0.25, 0.3) is 0 Å². The number of hydrogen-bond acceptors (Lipinski definition) is 6. The lowest BCUT2D eigenvalue weighted by Gasteiger charge is -2.32. The van der Waals surface area contributed by atoms with E-state index < -0.39 is 0 Å². The fraction of sp³-hybridized carbons (Fsp3) is 0.412. The second kappa shape index (κ2) is 7.25. The molecule has 1 fully saturated rings. The van der Waals surface area contributed by atoms with Gasteiger partial charge in [0.25, 0.3) is 11.8 Å². The molecule has 0 unspecified atom stereocenters. The van der Waals surface area contributed by atoms with Crippen LogP contribution in [0.3, 0.4) is 0 Å². The molecular formula is C17H21N5O2. The van der Waals surface area contributed by atoms with Gasteiger partial charge in [-0.1, -0.05) is 0 Å². The van der Waals surface area contributed by atoms with Gasteiger partial charge in [0.1, 0.15) is 0 Å². The number of nitrogens with one attached hydrogen (secondary N) is 1. The molecule has 24 heavy (non-hydrogen) atoms. The third kappa shape index (κ3) is 3.61. The molecule has 0 saturated carbocycles. The van der Waals surface area contributed by atoms with Gasteiger partial charge in [0, 0.05) is 43.4 Å². The van der Waals surface area contributed by atoms with Crippen molar-refractivity contribution in [3.63, 3.8) is 0 Å². The highest BCUT2D eigenvalue weighted by atomic mass is 16.5. The molecule has 1 saturated heterocycles. The minimum atomic E-state index is 0.0398. The summed E-state index contributed by atoms with van der Waals surface area (Å²) in [5.41, 5.74) is 1.55. The monoisotopic (exact) mass is 327 g/mol. The number of aromatic nitrogens is 3. The fourth-order valence-corrected chi connectivity index (χ4v) is 2.77. The standard InChI is InChI=1S/C17H21N5O2/c1-12-3-4-13(11-20-12)17(23)22-9-5-14(6-10-22)21-15-16(24-2)19-8-7-18-15/h3-4,7-8,11,14H,5-6,9-10H2,1-2H3,(H,18,21). The summed E-state index contributed by atoms with van der Waals surface area (Å²) in [7, 11) is 1.58. The highest BCUT2D eigenvalue weighted by Gasteiger charge is 2.24. The number of ether oxygens (including phenoxy) is 1. The smallest absolute Gasteiger partial charge is 0.257 e. The first kappa shape index (κ1) is 16.2. The number of carbonyl (C=O) groups is 1. The maximum atomic E-state index is 12.5. The highest BCUT2D eigenvalue weighted by molar-refractivity contribution is 5.94. The van der Waals surface area contributed by atoms with E-state index in [9.17, 15) is 4.79 Å². The van der Waals surface area contributed by atoms with Crippen molar-refractivity contribution in [3.8, 4) is 5.88 Å². The van der Waals surface area contributed by atoms with Gasteiger partial charge in [0.2, 0.25) is 0 Å². The summed E-state index contributed by atoms with van der Waals surface area (Å²) in [6.45, 7) is 3.31. The van der Waals surface area contributed by atoms with Gasteiger partial charge in [-0.05, 0) is 31.9 Å². The second-order valence-corrected chi connectivity index (χ2v) is 5.81. The Balaban J connectivity index is 1.57. The Hall–Kier alpha value is -2.70. The number of carbonyl (C=O) groups excluding carboxylic acids is 1. The van der Waals surface area contributed by atoms with Crippen molar-refractivity contribution >= 4 is 11.7 Å². The summed E-state index contributed by atoms with van der Waals surface area (Å²) < 4.78 is 5.21. The Bertz CT molecular complexity index is 696. The number of amides is 1. The molecule has 0 bridgehead atoms. The molecular weight excluding hydrogens is 306 g/mol. The van der Waals surface area contributed by atoms with Gasteiger partial charge < -0.3 is 15.0 Å². The van der Waals surface area contributed by atoms with E-state index >= 15 is 0 Å². The SMILES string of the molecule is COc1nccnc1NC1CCN(C(=O)c2ccc(C)nc2)CC1. The quantitative estimate of drug-likeness (QED) is 0.924. The zero-order valence-corrected chi connectivity index (χ0v) is 13.9. The molecule has 1 aliphatic rings. The van der Waals surface area contributed by atoms with E-state index in [1.54, 1.807) is 25.7 Å². The Kier molecular flexibility index (Phi) is 4.88. The van der Waals surface area contributed by atoms with E-state index in [0.717, 1.165) is 18.5 Å². The Morgan fingerprint density at radius 1 is 1.21 bits per heavy atom. The molecule has 3 rings (SSSR count). The lowest BCUT2D eigenvalue weighted by molar-refractivity contribution is 0.0718. The number of hydrogen-bond donors (Lipinski definition) is 1. The van der Waals surface area contributed by atoms with Crippen LogP contribution in [0.5, 0.6) is 5.88 Å². The van der Waals surface area contributed by atoms with Gasteiger partial charge in [-0.3, -0.25) is 9.78 Å². The van der Waals surface area contributed by atoms with Crippen LogP contribution in [0.4, 0.5) is 5.82 Å². The maximum absolute atomic E-state index is 12.5. The zero-order chi connectivity index (χ0) is 16.9. The van der Waals surface area contributed by atoms with Gasteiger partial charge in [0.05, 0.1) is 12.7 Å². The molecule has 0 atom stereocenters. The van der Waals surface area contributed by atoms with E-state index in [-0.39, 0.29) is 11.9 Å². The number of aryl methyl sites for hydroxylation is 1. The van der Waals surface area contributed by atoms with Crippen LogP contribution < -0.4 is 10.1 Å². The van der Waals surface area contributed by atoms with Gasteiger partial charge in [-0.25, -0.2) is 9.97 Å². The van der Waals surface area contributed by atoms with Crippen molar-refractivity contribution in [2.24, 2.45) is 0 Å². The molecule has 0 radical (unpaired) electrons. The van der Waals surface area contributed by atoms with Crippen molar-refractivity contribution in [1.29, 1.82) is 0 Å². The maximum Gasteiger partial charge on any atom is 0.257 e. The first-order chi connectivity index (χ1) is 11.7. The molecule has 2 aromatic rings. The number of nitrogens with zero attached hydrogens (tertiary/aromatic N) is 4. The van der Waals surface area contributed by atoms with E-state index in [0.29, 0.717) is 30.4 Å². The third-order valence-electron chi connectivity index (χ3n) is 4.14. The van der Waals surface area contributed by atoms with Crippen LogP contribution in [0, 0.1) is 6.92 Å². The number of piperidine rings is 1. The predicted molar refractivity (Wildman–Crippen MR) is 90.1 cm³/mol. The number of pyridine rings is 1. The second-order valence-electron chi connectivity index (χ2n) is 5.81. The zero-order valence-electron chi connectivity index (χ0n) is 13.9. The Morgan fingerprint density at radius 3 is 2.62 bits per heavy atom. The van der Waals surface area contributed by atoms with E-state index in [2.05, 4.69) is 20.3 Å². The molecule has 3 heterocycles. The highest BCUT2D eigenvalue weighted by Crippen LogP contribution is 2.22. The van der Waals surface area contributed by atoms with Gasteiger partial charge >= 0.3 is 0 Å². The van der Waals surface area contributed by atoms with Crippen molar-refractivity contribution in [2.45, 2.75) is 25.8 Å². The number of likely N-dealkylation sites (tertiary alicyclic amines) is 1. The summed E-state index contributed by atoms with van der Waals surface area (Å²) in [5.74, 6) is 1.17. The third-order valence-corrected chi connectivity index (χ3v) is 4.14. The molecule has 1 N–H and O–H groups in total. The minimum absolute atomic E-state index is 0.0398. The van der Waals surface area contributed by atoms with Gasteiger partial charge in [0.15, 0.2) is 5.82 Å². The summed E-state index contributed by atoms with van der Waals surface area (Å²) in [5, 5.41) is 3.36. The average molecular weight is 327 g/mol. The van der Waals surface area contributed by atoms with Crippen LogP contribution in [-0.2, 0) is 0 Å². The van der Waals surface area contributed by atoms with Gasteiger partial charge in [-0.15, -0.1) is 0 Å². The lowest BCUT2D eigenvalue weighted by Crippen LogP contribution is -2.42. The molecule has 0 spiro atoms. The number of methoxy groups -OCH3 is 1. The molecule has 1 aliphatic heterocycles. The largest absolute Gasteiger partial charge is 0.478 e. The van der Waals surface area contributed by atoms with E-state index in [1.807, 2.05) is 24.0 Å². The van der Waals surface area contributed by atoms with Crippen molar-refractivity contribution in [3.05, 3.63) is 42.0 Å². The van der Waals surface area contributed by atoms with E-state index in [1.165, 1.54) is 0 Å². The molecule has 0 aromatic carbocycles. The summed E-state index contributed by atoms with van der Waals surface area (Å²) in [4.78, 5) is 27.0. The molecule has 0 aliphatic carbocycles. The molecule has 126 valence electrons. The average Bonchev–Trinajstić information content (AvgIpc) is 2.63. The molecule has 7 nitrogen and oxygen atoms in total. The normalized spacial score (nSPS) is 15.2. The Labute approximate surface area is 141 Å². The first-order valence-corrected chi connectivity index (χ1v) is 8.01. The van der Waals surface area contributed by atoms with Crippen LogP contribution in [0.1, 0.15) is 28.9 Å². The van der Waals surface area contributed by atoms with Crippen molar-refractivity contribution in [2.75, 3.05) is 25.5 Å². The molecule has 7 heteroatoms. The molecule has 2 aromatic heterocycles. The first-order valence-electron chi connectivity index (χ1n) is 8.01. The van der Waals surface area contributed by atoms with Crippen LogP contribution in [-0.4, -0.2) is 52.0 Å². The number of rotatable bonds is 4. The summed E-state index contributed by atoms with van der Waals surface area (Å²) in [6.07, 6.45) is 6.58. The Morgan fingerprint density at radius 2 is 1.96 bits per heavy atom. The minimum Gasteiger partial charge on any atom is -0.478 e. The topological polar surface area (TPSA) is 80.2 Å². The lowest BCUT2D eigenvalue weighted by atomic mass is 10.0. The predicted octanol–water partition coefficient (Wildman–Crippen LogP) is 1.91. The van der Waals surface area contributed by atoms with Crippen LogP contribution >= 0.6 is 0 Å². The van der Waals surface area contributed by atoms with Crippen molar-refractivity contribution < 1.29 is 9.53 Å². The molecule has 1 amide bonds. The van der Waals surface area contributed by atoms with Crippen LogP contribution in [0.2, 0.25) is 0 Å². The van der Waals surface area contributed by atoms with Gasteiger partial charge in [-0.2, -0.15) is 0 Å². The fourth-order valence-electron chi connectivity index (χ4n) is 2.77. The number of anilines is 1. The van der Waals surface area contributed by atoms with Crippen molar-refractivity contribution in [1.82, 2.24) is 19.9 Å². The summed E-state index contributed by atoms with van der Waals surface area (Å²) in [6, 6.07) is 3.94. The van der Waals surface area contributed by atoms with E-state index in [4.69, 9.17) is 4.74 Å².